The van der Waals surface area contributed by atoms with Crippen LogP contribution >= 0.6 is 11.3 Å². The molecule has 0 radical (unpaired) electrons. The fourth-order valence-electron chi connectivity index (χ4n) is 3.77. The second-order valence-corrected chi connectivity index (χ2v) is 8.11. The zero-order valence-electron chi connectivity index (χ0n) is 15.0. The fraction of sp³-hybridized carbons (Fsp3) is 0.429. The summed E-state index contributed by atoms with van der Waals surface area (Å²) in [4.78, 5) is 14.5. The van der Waals surface area contributed by atoms with E-state index in [1.54, 1.807) is 0 Å². The van der Waals surface area contributed by atoms with E-state index in [0.717, 1.165) is 41.9 Å². The van der Waals surface area contributed by atoms with Crippen LogP contribution < -0.4 is 4.90 Å². The third-order valence-corrected chi connectivity index (χ3v) is 6.34. The second-order valence-electron chi connectivity index (χ2n) is 7.00. The number of anilines is 1. The van der Waals surface area contributed by atoms with Crippen LogP contribution in [0, 0.1) is 12.8 Å². The Hall–Kier alpha value is -1.94. The van der Waals surface area contributed by atoms with Crippen LogP contribution in [0.1, 0.15) is 36.0 Å². The highest BCUT2D eigenvalue weighted by Gasteiger charge is 2.23. The maximum absolute atomic E-state index is 4.80. The molecule has 3 heterocycles. The van der Waals surface area contributed by atoms with Crippen LogP contribution in [0.2, 0.25) is 0 Å². The van der Waals surface area contributed by atoms with E-state index < -0.39 is 0 Å². The van der Waals surface area contributed by atoms with E-state index in [-0.39, 0.29) is 0 Å². The summed E-state index contributed by atoms with van der Waals surface area (Å²) in [5.74, 6) is 2.82. The van der Waals surface area contributed by atoms with Crippen molar-refractivity contribution in [3.8, 4) is 0 Å². The third kappa shape index (κ3) is 3.54. The third-order valence-electron chi connectivity index (χ3n) is 5.17. The lowest BCUT2D eigenvalue weighted by Crippen LogP contribution is -2.35. The molecule has 3 aromatic rings. The molecular formula is C21H25N3S. The van der Waals surface area contributed by atoms with Crippen molar-refractivity contribution in [2.45, 2.75) is 39.5 Å². The van der Waals surface area contributed by atoms with E-state index in [4.69, 9.17) is 4.98 Å². The molecule has 1 fully saturated rings. The van der Waals surface area contributed by atoms with Gasteiger partial charge in [-0.05, 0) is 50.2 Å². The van der Waals surface area contributed by atoms with Crippen LogP contribution in [-0.2, 0) is 12.8 Å². The topological polar surface area (TPSA) is 29.0 Å². The van der Waals surface area contributed by atoms with Crippen LogP contribution in [0.15, 0.2) is 36.4 Å². The number of hydrogen-bond acceptors (Lipinski definition) is 4. The summed E-state index contributed by atoms with van der Waals surface area (Å²) in [5, 5.41) is 1.24. The normalized spacial score (nSPS) is 15.8. The van der Waals surface area contributed by atoms with E-state index in [0.29, 0.717) is 0 Å². The first-order valence-electron chi connectivity index (χ1n) is 9.29. The molecule has 0 aliphatic carbocycles. The van der Waals surface area contributed by atoms with Gasteiger partial charge in [0.25, 0.3) is 0 Å². The first-order chi connectivity index (χ1) is 12.2. The van der Waals surface area contributed by atoms with Crippen LogP contribution in [-0.4, -0.2) is 23.1 Å². The minimum atomic E-state index is 0.783. The van der Waals surface area contributed by atoms with Crippen LogP contribution in [0.25, 0.3) is 10.2 Å². The number of piperidine rings is 1. The molecule has 3 nitrogen and oxygen atoms in total. The Morgan fingerprint density at radius 3 is 2.60 bits per heavy atom. The monoisotopic (exact) mass is 351 g/mol. The van der Waals surface area contributed by atoms with Gasteiger partial charge in [-0.2, -0.15) is 0 Å². The van der Waals surface area contributed by atoms with Gasteiger partial charge in [-0.1, -0.05) is 37.3 Å². The van der Waals surface area contributed by atoms with Gasteiger partial charge < -0.3 is 4.90 Å². The largest absolute Gasteiger partial charge is 0.356 e. The molecule has 0 amide bonds. The van der Waals surface area contributed by atoms with Gasteiger partial charge in [0, 0.05) is 18.0 Å². The van der Waals surface area contributed by atoms with Crippen LogP contribution in [0.3, 0.4) is 0 Å². The van der Waals surface area contributed by atoms with Crippen LogP contribution in [0.5, 0.6) is 0 Å². The molecule has 1 aromatic carbocycles. The van der Waals surface area contributed by atoms with Crippen molar-refractivity contribution in [3.63, 3.8) is 0 Å². The van der Waals surface area contributed by atoms with Crippen molar-refractivity contribution < 1.29 is 0 Å². The quantitative estimate of drug-likeness (QED) is 0.661. The Bertz CT molecular complexity index is 848. The predicted molar refractivity (Wildman–Crippen MR) is 107 cm³/mol. The van der Waals surface area contributed by atoms with Crippen LogP contribution in [0.4, 0.5) is 5.82 Å². The van der Waals surface area contributed by atoms with Crippen molar-refractivity contribution in [1.29, 1.82) is 0 Å². The zero-order valence-corrected chi connectivity index (χ0v) is 15.9. The first-order valence-corrected chi connectivity index (χ1v) is 10.1. The minimum Gasteiger partial charge on any atom is -0.356 e. The number of aromatic nitrogens is 2. The van der Waals surface area contributed by atoms with Gasteiger partial charge in [0.2, 0.25) is 0 Å². The summed E-state index contributed by atoms with van der Waals surface area (Å²) in [5.41, 5.74) is 1.46. The summed E-state index contributed by atoms with van der Waals surface area (Å²) in [6.45, 7) is 6.41. The molecule has 0 saturated carbocycles. The van der Waals surface area contributed by atoms with Gasteiger partial charge >= 0.3 is 0 Å². The number of thiophene rings is 1. The van der Waals surface area contributed by atoms with Gasteiger partial charge in [-0.15, -0.1) is 11.3 Å². The average molecular weight is 352 g/mol. The molecule has 2 aromatic heterocycles. The maximum Gasteiger partial charge on any atom is 0.141 e. The molecule has 0 spiro atoms. The van der Waals surface area contributed by atoms with Gasteiger partial charge in [0.1, 0.15) is 16.5 Å². The fourth-order valence-corrected chi connectivity index (χ4v) is 4.78. The number of rotatable bonds is 4. The molecule has 4 rings (SSSR count). The van der Waals surface area contributed by atoms with Gasteiger partial charge in [0.05, 0.1) is 5.39 Å². The molecular weight excluding hydrogens is 326 g/mol. The number of fused-ring (bicyclic) bond motifs is 1. The van der Waals surface area contributed by atoms with E-state index in [9.17, 15) is 0 Å². The van der Waals surface area contributed by atoms with Gasteiger partial charge in [-0.25, -0.2) is 9.97 Å². The summed E-state index contributed by atoms with van der Waals surface area (Å²) in [6.07, 6.45) is 4.75. The average Bonchev–Trinajstić information content (AvgIpc) is 3.05. The van der Waals surface area contributed by atoms with Crippen molar-refractivity contribution in [3.05, 3.63) is 52.7 Å². The molecule has 4 heteroatoms. The molecule has 130 valence electrons. The molecule has 1 saturated heterocycles. The molecule has 0 N–H and O–H groups in total. The highest BCUT2D eigenvalue weighted by molar-refractivity contribution is 7.18. The Morgan fingerprint density at radius 2 is 1.88 bits per heavy atom. The smallest absolute Gasteiger partial charge is 0.141 e. The van der Waals surface area contributed by atoms with E-state index in [1.807, 2.05) is 18.3 Å². The molecule has 0 unspecified atom stereocenters. The molecule has 1 aliphatic heterocycles. The molecule has 25 heavy (non-hydrogen) atoms. The lowest BCUT2D eigenvalue weighted by Gasteiger charge is -2.33. The SMILES string of the molecule is CCc1cc2c(N3CCC(Cc4ccccc4)CC3)nc(C)nc2s1. The van der Waals surface area contributed by atoms with Gasteiger partial charge in [-0.3, -0.25) is 0 Å². The van der Waals surface area contributed by atoms with E-state index in [2.05, 4.69) is 53.2 Å². The van der Waals surface area contributed by atoms with E-state index in [1.165, 1.54) is 35.1 Å². The summed E-state index contributed by atoms with van der Waals surface area (Å²) in [7, 11) is 0. The highest BCUT2D eigenvalue weighted by Crippen LogP contribution is 2.33. The maximum atomic E-state index is 4.80. The zero-order chi connectivity index (χ0) is 17.2. The Kier molecular flexibility index (Phi) is 4.71. The minimum absolute atomic E-state index is 0.783. The summed E-state index contributed by atoms with van der Waals surface area (Å²) < 4.78 is 0. The standard InChI is InChI=1S/C21H25N3S/c1-3-18-14-19-20(22-15(2)23-21(19)25-18)24-11-9-17(10-12-24)13-16-7-5-4-6-8-16/h4-8,14,17H,3,9-13H2,1-2H3. The summed E-state index contributed by atoms with van der Waals surface area (Å²) in [6, 6.07) is 13.2. The first kappa shape index (κ1) is 16.5. The number of nitrogens with zero attached hydrogens (tertiary/aromatic N) is 3. The van der Waals surface area contributed by atoms with Gasteiger partial charge in [0.15, 0.2) is 0 Å². The van der Waals surface area contributed by atoms with Crippen molar-refractivity contribution >= 4 is 27.4 Å². The second kappa shape index (κ2) is 7.12. The number of hydrogen-bond donors (Lipinski definition) is 0. The van der Waals surface area contributed by atoms with E-state index >= 15 is 0 Å². The van der Waals surface area contributed by atoms with Crippen molar-refractivity contribution in [1.82, 2.24) is 9.97 Å². The molecule has 0 bridgehead atoms. The lowest BCUT2D eigenvalue weighted by molar-refractivity contribution is 0.402. The van der Waals surface area contributed by atoms with Crippen molar-refractivity contribution in [2.24, 2.45) is 5.92 Å². The Labute approximate surface area is 153 Å². The Morgan fingerprint density at radius 1 is 1.12 bits per heavy atom. The van der Waals surface area contributed by atoms with Crippen molar-refractivity contribution in [2.75, 3.05) is 18.0 Å². The lowest BCUT2D eigenvalue weighted by atomic mass is 9.90. The molecule has 1 aliphatic rings. The summed E-state index contributed by atoms with van der Waals surface area (Å²) >= 11 is 1.81. The predicted octanol–water partition coefficient (Wildman–Crippen LogP) is 5.02. The Balaban J connectivity index is 1.50. The number of aryl methyl sites for hydroxylation is 2. The highest BCUT2D eigenvalue weighted by atomic mass is 32.1. The number of benzene rings is 1. The molecule has 0 atom stereocenters.